The van der Waals surface area contributed by atoms with Crippen LogP contribution in [0.2, 0.25) is 5.02 Å². The molecule has 0 aliphatic carbocycles. The predicted molar refractivity (Wildman–Crippen MR) is 143 cm³/mol. The summed E-state index contributed by atoms with van der Waals surface area (Å²) >= 11 is 7.45. The number of nitrogens with one attached hydrogen (secondary N) is 1. The first-order valence-electron chi connectivity index (χ1n) is 11.3. The van der Waals surface area contributed by atoms with Gasteiger partial charge in [-0.1, -0.05) is 59.8 Å². The minimum atomic E-state index is -0.110. The SMILES string of the molecule is N#CCCN(C(=O)CSc1nnc(-c2c[nH]c3ccccc23)n1-c1ccc(Cl)cc1)c1ccccc1. The average Bonchev–Trinajstić information content (AvgIpc) is 3.53. The fraction of sp³-hybridized carbons (Fsp3) is 0.111. The standard InChI is InChI=1S/C27H21ClN6OS/c28-19-11-13-21(14-12-19)34-26(23-17-30-24-10-5-4-9-22(23)24)31-32-27(34)36-18-25(35)33(16-6-15-29)20-7-2-1-3-8-20/h1-5,7-14,17,30H,6,16,18H2. The number of carbonyl (C=O) groups is 1. The minimum Gasteiger partial charge on any atom is -0.360 e. The predicted octanol–water partition coefficient (Wildman–Crippen LogP) is 6.11. The summed E-state index contributed by atoms with van der Waals surface area (Å²) < 4.78 is 1.94. The highest BCUT2D eigenvalue weighted by Gasteiger charge is 2.22. The zero-order valence-corrected chi connectivity index (χ0v) is 20.7. The van der Waals surface area contributed by atoms with Crippen molar-refractivity contribution < 1.29 is 4.79 Å². The summed E-state index contributed by atoms with van der Waals surface area (Å²) in [4.78, 5) is 18.2. The molecule has 7 nitrogen and oxygen atoms in total. The van der Waals surface area contributed by atoms with Crippen molar-refractivity contribution in [2.45, 2.75) is 11.6 Å². The van der Waals surface area contributed by atoms with E-state index in [2.05, 4.69) is 21.3 Å². The number of nitrogens with zero attached hydrogens (tertiary/aromatic N) is 5. The Morgan fingerprint density at radius 3 is 2.56 bits per heavy atom. The zero-order valence-electron chi connectivity index (χ0n) is 19.1. The molecular formula is C27H21ClN6OS. The van der Waals surface area contributed by atoms with Crippen LogP contribution >= 0.6 is 23.4 Å². The molecular weight excluding hydrogens is 492 g/mol. The molecule has 0 radical (unpaired) electrons. The lowest BCUT2D eigenvalue weighted by Gasteiger charge is -2.21. The van der Waals surface area contributed by atoms with Crippen LogP contribution in [0.15, 0.2) is 90.2 Å². The van der Waals surface area contributed by atoms with E-state index >= 15 is 0 Å². The van der Waals surface area contributed by atoms with Crippen molar-refractivity contribution in [3.8, 4) is 23.1 Å². The van der Waals surface area contributed by atoms with Gasteiger partial charge in [-0.2, -0.15) is 5.26 Å². The molecule has 178 valence electrons. The third-order valence-electron chi connectivity index (χ3n) is 5.69. The Balaban J connectivity index is 1.49. The molecule has 9 heteroatoms. The number of nitriles is 1. The number of amides is 1. The number of carbonyl (C=O) groups excluding carboxylic acids is 1. The first-order chi connectivity index (χ1) is 17.7. The fourth-order valence-corrected chi connectivity index (χ4v) is 4.94. The maximum absolute atomic E-state index is 13.2. The van der Waals surface area contributed by atoms with Gasteiger partial charge < -0.3 is 9.88 Å². The summed E-state index contributed by atoms with van der Waals surface area (Å²) in [7, 11) is 0. The van der Waals surface area contributed by atoms with Gasteiger partial charge in [-0.15, -0.1) is 10.2 Å². The number of aromatic nitrogens is 4. The Hall–Kier alpha value is -4.06. The van der Waals surface area contributed by atoms with E-state index in [1.807, 2.05) is 89.6 Å². The van der Waals surface area contributed by atoms with Gasteiger partial charge in [0.25, 0.3) is 0 Å². The zero-order chi connectivity index (χ0) is 24.9. The largest absolute Gasteiger partial charge is 0.360 e. The highest BCUT2D eigenvalue weighted by molar-refractivity contribution is 7.99. The molecule has 36 heavy (non-hydrogen) atoms. The van der Waals surface area contributed by atoms with Gasteiger partial charge in [0, 0.05) is 45.6 Å². The lowest BCUT2D eigenvalue weighted by atomic mass is 10.1. The summed E-state index contributed by atoms with van der Waals surface area (Å²) in [5.41, 5.74) is 3.51. The number of halogens is 1. The van der Waals surface area contributed by atoms with E-state index < -0.39 is 0 Å². The molecule has 0 aliphatic heterocycles. The number of hydrogen-bond acceptors (Lipinski definition) is 5. The van der Waals surface area contributed by atoms with Crippen LogP contribution in [0.3, 0.4) is 0 Å². The van der Waals surface area contributed by atoms with E-state index in [9.17, 15) is 4.79 Å². The number of H-pyrrole nitrogens is 1. The lowest BCUT2D eigenvalue weighted by molar-refractivity contribution is -0.116. The minimum absolute atomic E-state index is 0.110. The molecule has 2 heterocycles. The van der Waals surface area contributed by atoms with Crippen molar-refractivity contribution in [3.63, 3.8) is 0 Å². The van der Waals surface area contributed by atoms with Crippen LogP contribution in [-0.4, -0.2) is 38.0 Å². The van der Waals surface area contributed by atoms with Crippen LogP contribution in [0.1, 0.15) is 6.42 Å². The van der Waals surface area contributed by atoms with Gasteiger partial charge in [0.15, 0.2) is 11.0 Å². The van der Waals surface area contributed by atoms with Gasteiger partial charge in [0.05, 0.1) is 18.2 Å². The maximum Gasteiger partial charge on any atom is 0.237 e. The normalized spacial score (nSPS) is 10.9. The quantitative estimate of drug-likeness (QED) is 0.253. The molecule has 5 rings (SSSR count). The molecule has 0 atom stereocenters. The number of anilines is 1. The number of para-hydroxylation sites is 2. The summed E-state index contributed by atoms with van der Waals surface area (Å²) in [6.07, 6.45) is 2.16. The molecule has 1 N–H and O–H groups in total. The molecule has 0 saturated heterocycles. The summed E-state index contributed by atoms with van der Waals surface area (Å²) in [5.74, 6) is 0.690. The van der Waals surface area contributed by atoms with Crippen LogP contribution in [0.25, 0.3) is 28.0 Å². The van der Waals surface area contributed by atoms with Gasteiger partial charge in [-0.25, -0.2) is 0 Å². The van der Waals surface area contributed by atoms with Crippen molar-refractivity contribution >= 4 is 45.9 Å². The molecule has 0 aliphatic rings. The Kier molecular flexibility index (Phi) is 7.03. The van der Waals surface area contributed by atoms with E-state index in [4.69, 9.17) is 16.9 Å². The Bertz CT molecular complexity index is 1540. The number of fused-ring (bicyclic) bond motifs is 1. The molecule has 0 unspecified atom stereocenters. The first-order valence-corrected chi connectivity index (χ1v) is 12.6. The van der Waals surface area contributed by atoms with E-state index in [-0.39, 0.29) is 18.1 Å². The average molecular weight is 513 g/mol. The van der Waals surface area contributed by atoms with Crippen LogP contribution in [0.4, 0.5) is 5.69 Å². The first kappa shape index (κ1) is 23.7. The summed E-state index contributed by atoms with van der Waals surface area (Å²) in [6.45, 7) is 0.324. The fourth-order valence-electron chi connectivity index (χ4n) is 3.99. The van der Waals surface area contributed by atoms with Gasteiger partial charge in [0.2, 0.25) is 5.91 Å². The van der Waals surface area contributed by atoms with E-state index in [1.54, 1.807) is 4.90 Å². The summed E-state index contributed by atoms with van der Waals surface area (Å²) in [6, 6.07) is 26.9. The second kappa shape index (κ2) is 10.7. The van der Waals surface area contributed by atoms with Crippen molar-refractivity contribution in [2.75, 3.05) is 17.2 Å². The third-order valence-corrected chi connectivity index (χ3v) is 6.85. The van der Waals surface area contributed by atoms with E-state index in [0.717, 1.165) is 27.8 Å². The Morgan fingerprint density at radius 2 is 1.78 bits per heavy atom. The van der Waals surface area contributed by atoms with Crippen LogP contribution < -0.4 is 4.90 Å². The third kappa shape index (κ3) is 4.85. The number of benzene rings is 3. The van der Waals surface area contributed by atoms with Gasteiger partial charge in [-0.05, 0) is 42.5 Å². The molecule has 0 bridgehead atoms. The molecule has 1 amide bonds. The van der Waals surface area contributed by atoms with Crippen molar-refractivity contribution in [1.82, 2.24) is 19.7 Å². The second-order valence-electron chi connectivity index (χ2n) is 7.94. The van der Waals surface area contributed by atoms with Crippen LogP contribution in [-0.2, 0) is 4.79 Å². The van der Waals surface area contributed by atoms with E-state index in [0.29, 0.717) is 22.5 Å². The lowest BCUT2D eigenvalue weighted by Crippen LogP contribution is -2.33. The number of aromatic amines is 1. The van der Waals surface area contributed by atoms with Crippen molar-refractivity contribution in [3.05, 3.63) is 90.1 Å². The molecule has 0 saturated carbocycles. The van der Waals surface area contributed by atoms with Crippen molar-refractivity contribution in [1.29, 1.82) is 5.26 Å². The summed E-state index contributed by atoms with van der Waals surface area (Å²) in [5, 5.41) is 20.3. The van der Waals surface area contributed by atoms with Crippen LogP contribution in [0.5, 0.6) is 0 Å². The Labute approximate surface area is 217 Å². The maximum atomic E-state index is 13.2. The van der Waals surface area contributed by atoms with Crippen LogP contribution in [0, 0.1) is 11.3 Å². The molecule has 5 aromatic rings. The van der Waals surface area contributed by atoms with Gasteiger partial charge >= 0.3 is 0 Å². The molecule has 0 spiro atoms. The number of thioether (sulfide) groups is 1. The molecule has 0 fully saturated rings. The monoisotopic (exact) mass is 512 g/mol. The highest BCUT2D eigenvalue weighted by atomic mass is 35.5. The number of rotatable bonds is 8. The number of hydrogen-bond donors (Lipinski definition) is 1. The molecule has 3 aromatic carbocycles. The van der Waals surface area contributed by atoms with E-state index in [1.165, 1.54) is 11.8 Å². The van der Waals surface area contributed by atoms with Crippen molar-refractivity contribution in [2.24, 2.45) is 0 Å². The second-order valence-corrected chi connectivity index (χ2v) is 9.32. The Morgan fingerprint density at radius 1 is 1.03 bits per heavy atom. The topological polar surface area (TPSA) is 90.6 Å². The van der Waals surface area contributed by atoms with Gasteiger partial charge in [-0.3, -0.25) is 9.36 Å². The van der Waals surface area contributed by atoms with Gasteiger partial charge in [0.1, 0.15) is 0 Å². The smallest absolute Gasteiger partial charge is 0.237 e. The highest BCUT2D eigenvalue weighted by Crippen LogP contribution is 2.33. The molecule has 2 aromatic heterocycles.